The minimum Gasteiger partial charge on any atom is -0.444 e. The highest BCUT2D eigenvalue weighted by Crippen LogP contribution is 2.51. The molecule has 2 aliphatic rings. The van der Waals surface area contributed by atoms with E-state index in [0.29, 0.717) is 12.0 Å². The number of piperidine rings is 1. The number of amides is 1. The monoisotopic (exact) mass is 302 g/mol. The first-order valence-electron chi connectivity index (χ1n) is 8.09. The van der Waals surface area contributed by atoms with Crippen LogP contribution in [0.3, 0.4) is 0 Å². The Balaban J connectivity index is 1.60. The molecule has 1 aliphatic carbocycles. The van der Waals surface area contributed by atoms with Gasteiger partial charge in [0.1, 0.15) is 5.60 Å². The minimum atomic E-state index is -0.444. The highest BCUT2D eigenvalue weighted by Gasteiger charge is 2.61. The number of hydrogen-bond donors (Lipinski definition) is 1. The maximum absolute atomic E-state index is 12.0. The first-order chi connectivity index (χ1) is 10.3. The van der Waals surface area contributed by atoms with Crippen molar-refractivity contribution in [2.24, 2.45) is 5.92 Å². The first-order valence-corrected chi connectivity index (χ1v) is 8.09. The Morgan fingerprint density at radius 3 is 2.68 bits per heavy atom. The summed E-state index contributed by atoms with van der Waals surface area (Å²) < 4.78 is 5.40. The van der Waals surface area contributed by atoms with Gasteiger partial charge in [0.2, 0.25) is 0 Å². The molecule has 4 nitrogen and oxygen atoms in total. The van der Waals surface area contributed by atoms with Crippen molar-refractivity contribution in [1.29, 1.82) is 0 Å². The average molecular weight is 302 g/mol. The molecule has 0 spiro atoms. The van der Waals surface area contributed by atoms with Crippen molar-refractivity contribution >= 4 is 6.09 Å². The topological polar surface area (TPSA) is 41.6 Å². The molecule has 0 bridgehead atoms. The lowest BCUT2D eigenvalue weighted by Crippen LogP contribution is -2.44. The van der Waals surface area contributed by atoms with E-state index in [2.05, 4.69) is 41.4 Å². The molecule has 4 heteroatoms. The second-order valence-electron chi connectivity index (χ2n) is 7.70. The second kappa shape index (κ2) is 5.27. The molecule has 1 saturated carbocycles. The Bertz CT molecular complexity index is 552. The lowest BCUT2D eigenvalue weighted by Gasteiger charge is -2.28. The van der Waals surface area contributed by atoms with Crippen LogP contribution in [0.1, 0.15) is 45.7 Å². The zero-order valence-corrected chi connectivity index (χ0v) is 13.9. The van der Waals surface area contributed by atoms with Crippen LogP contribution in [0.15, 0.2) is 30.3 Å². The summed E-state index contributed by atoms with van der Waals surface area (Å²) in [6.45, 7) is 9.88. The van der Waals surface area contributed by atoms with Gasteiger partial charge in [-0.3, -0.25) is 4.90 Å². The number of fused-ring (bicyclic) bond motifs is 1. The molecule has 3 rings (SSSR count). The van der Waals surface area contributed by atoms with Crippen LogP contribution in [-0.4, -0.2) is 35.2 Å². The SMILES string of the molecule is CC(c1ccccc1)N1CC2C[C@]2(NC(=O)OC(C)(C)C)C1. The summed E-state index contributed by atoms with van der Waals surface area (Å²) in [6.07, 6.45) is 0.786. The Morgan fingerprint density at radius 2 is 2.05 bits per heavy atom. The number of benzene rings is 1. The number of hydrogen-bond acceptors (Lipinski definition) is 3. The van der Waals surface area contributed by atoms with Crippen LogP contribution in [-0.2, 0) is 4.74 Å². The van der Waals surface area contributed by atoms with Crippen molar-refractivity contribution in [3.05, 3.63) is 35.9 Å². The molecule has 3 atom stereocenters. The van der Waals surface area contributed by atoms with Gasteiger partial charge in [0.05, 0.1) is 5.54 Å². The van der Waals surface area contributed by atoms with Gasteiger partial charge in [0, 0.05) is 19.1 Å². The number of rotatable bonds is 3. The lowest BCUT2D eigenvalue weighted by atomic mass is 10.1. The third kappa shape index (κ3) is 3.12. The molecule has 1 aromatic carbocycles. The fourth-order valence-corrected chi connectivity index (χ4v) is 3.46. The Labute approximate surface area is 132 Å². The van der Waals surface area contributed by atoms with E-state index < -0.39 is 5.60 Å². The number of carbonyl (C=O) groups excluding carboxylic acids is 1. The summed E-state index contributed by atoms with van der Waals surface area (Å²) in [5.41, 5.74) is 0.822. The van der Waals surface area contributed by atoms with Crippen molar-refractivity contribution in [1.82, 2.24) is 10.2 Å². The summed E-state index contributed by atoms with van der Waals surface area (Å²) in [5, 5.41) is 3.12. The summed E-state index contributed by atoms with van der Waals surface area (Å²) in [7, 11) is 0. The maximum Gasteiger partial charge on any atom is 0.408 e. The molecular weight excluding hydrogens is 276 g/mol. The third-order valence-electron chi connectivity index (χ3n) is 4.75. The molecule has 1 aromatic rings. The summed E-state index contributed by atoms with van der Waals surface area (Å²) >= 11 is 0. The number of nitrogens with one attached hydrogen (secondary N) is 1. The van der Waals surface area contributed by atoms with Gasteiger partial charge in [-0.1, -0.05) is 30.3 Å². The van der Waals surface area contributed by atoms with Gasteiger partial charge in [-0.2, -0.15) is 0 Å². The zero-order valence-electron chi connectivity index (χ0n) is 13.9. The molecule has 2 fully saturated rings. The predicted octanol–water partition coefficient (Wildman–Crippen LogP) is 3.35. The molecule has 1 aliphatic heterocycles. The Kier molecular flexibility index (Phi) is 3.68. The standard InChI is InChI=1S/C18H26N2O2/c1-13(14-8-6-5-7-9-14)20-11-15-10-18(15,12-20)19-16(21)22-17(2,3)4/h5-9,13,15H,10-12H2,1-4H3,(H,19,21)/t13?,15?,18-/m0/s1. The summed E-state index contributed by atoms with van der Waals surface area (Å²) in [6, 6.07) is 10.9. The van der Waals surface area contributed by atoms with E-state index in [1.807, 2.05) is 26.8 Å². The van der Waals surface area contributed by atoms with E-state index in [4.69, 9.17) is 4.74 Å². The van der Waals surface area contributed by atoms with Gasteiger partial charge in [-0.05, 0) is 45.6 Å². The molecule has 1 saturated heterocycles. The molecule has 1 heterocycles. The van der Waals surface area contributed by atoms with Gasteiger partial charge in [-0.15, -0.1) is 0 Å². The predicted molar refractivity (Wildman–Crippen MR) is 86.6 cm³/mol. The fourth-order valence-electron chi connectivity index (χ4n) is 3.46. The normalized spacial score (nSPS) is 28.8. The van der Waals surface area contributed by atoms with Gasteiger partial charge < -0.3 is 10.1 Å². The van der Waals surface area contributed by atoms with E-state index in [-0.39, 0.29) is 11.6 Å². The van der Waals surface area contributed by atoms with Gasteiger partial charge in [0.25, 0.3) is 0 Å². The Morgan fingerprint density at radius 1 is 1.36 bits per heavy atom. The summed E-state index contributed by atoms with van der Waals surface area (Å²) in [5.74, 6) is 0.561. The number of ether oxygens (including phenoxy) is 1. The van der Waals surface area contributed by atoms with Crippen molar-refractivity contribution < 1.29 is 9.53 Å². The van der Waals surface area contributed by atoms with Crippen LogP contribution in [0, 0.1) is 5.92 Å². The van der Waals surface area contributed by atoms with Gasteiger partial charge in [0.15, 0.2) is 0 Å². The first kappa shape index (κ1) is 15.3. The number of carbonyl (C=O) groups is 1. The van der Waals surface area contributed by atoms with Crippen molar-refractivity contribution in [2.75, 3.05) is 13.1 Å². The zero-order chi connectivity index (χ0) is 16.0. The van der Waals surface area contributed by atoms with E-state index in [1.54, 1.807) is 0 Å². The maximum atomic E-state index is 12.0. The molecule has 2 unspecified atom stereocenters. The van der Waals surface area contributed by atoms with E-state index in [0.717, 1.165) is 19.5 Å². The molecule has 0 radical (unpaired) electrons. The van der Waals surface area contributed by atoms with Crippen LogP contribution in [0.5, 0.6) is 0 Å². The third-order valence-corrected chi connectivity index (χ3v) is 4.75. The van der Waals surface area contributed by atoms with Crippen LogP contribution >= 0.6 is 0 Å². The molecule has 120 valence electrons. The molecule has 22 heavy (non-hydrogen) atoms. The lowest BCUT2D eigenvalue weighted by molar-refractivity contribution is 0.0489. The van der Waals surface area contributed by atoms with Crippen molar-refractivity contribution in [2.45, 2.75) is 51.3 Å². The Hall–Kier alpha value is -1.55. The number of nitrogens with zero attached hydrogens (tertiary/aromatic N) is 1. The van der Waals surface area contributed by atoms with Crippen molar-refractivity contribution in [3.63, 3.8) is 0 Å². The van der Waals surface area contributed by atoms with E-state index in [1.165, 1.54) is 5.56 Å². The second-order valence-corrected chi connectivity index (χ2v) is 7.70. The minimum absolute atomic E-state index is 0.0641. The van der Waals surface area contributed by atoms with Crippen LogP contribution in [0.25, 0.3) is 0 Å². The van der Waals surface area contributed by atoms with E-state index in [9.17, 15) is 4.79 Å². The molecule has 1 N–H and O–H groups in total. The van der Waals surface area contributed by atoms with Gasteiger partial charge >= 0.3 is 6.09 Å². The highest BCUT2D eigenvalue weighted by molar-refractivity contribution is 5.70. The molecule has 0 aromatic heterocycles. The van der Waals surface area contributed by atoms with E-state index >= 15 is 0 Å². The number of alkyl carbamates (subject to hydrolysis) is 1. The van der Waals surface area contributed by atoms with Crippen LogP contribution in [0.4, 0.5) is 4.79 Å². The summed E-state index contributed by atoms with van der Waals surface area (Å²) in [4.78, 5) is 14.5. The molecular formula is C18H26N2O2. The molecule has 1 amide bonds. The highest BCUT2D eigenvalue weighted by atomic mass is 16.6. The smallest absolute Gasteiger partial charge is 0.408 e. The fraction of sp³-hybridized carbons (Fsp3) is 0.611. The average Bonchev–Trinajstić information content (AvgIpc) is 2.96. The largest absolute Gasteiger partial charge is 0.444 e. The quantitative estimate of drug-likeness (QED) is 0.931. The van der Waals surface area contributed by atoms with Gasteiger partial charge in [-0.25, -0.2) is 4.79 Å². The van der Waals surface area contributed by atoms with Crippen molar-refractivity contribution in [3.8, 4) is 0 Å². The number of likely N-dealkylation sites (tertiary alicyclic amines) is 1. The van der Waals surface area contributed by atoms with Crippen LogP contribution < -0.4 is 5.32 Å². The van der Waals surface area contributed by atoms with Crippen LogP contribution in [0.2, 0.25) is 0 Å².